The maximum absolute atomic E-state index is 7.68. The van der Waals surface area contributed by atoms with E-state index in [0.29, 0.717) is 23.2 Å². The van der Waals surface area contributed by atoms with Gasteiger partial charge >= 0.3 is 0 Å². The highest BCUT2D eigenvalue weighted by atomic mass is 15.3. The number of hydrogen-bond acceptors (Lipinski definition) is 5. The quantitative estimate of drug-likeness (QED) is 0.492. The molecule has 0 fully saturated rings. The monoisotopic (exact) mass is 264 g/mol. The van der Waals surface area contributed by atoms with Crippen LogP contribution in [0.2, 0.25) is 0 Å². The van der Waals surface area contributed by atoms with E-state index in [0.717, 1.165) is 26.1 Å². The Hall–Kier alpha value is -1.69. The van der Waals surface area contributed by atoms with Gasteiger partial charge in [-0.25, -0.2) is 0 Å². The van der Waals surface area contributed by atoms with Gasteiger partial charge in [-0.1, -0.05) is 0 Å². The van der Waals surface area contributed by atoms with Crippen molar-refractivity contribution in [3.05, 3.63) is 17.5 Å². The third-order valence-corrected chi connectivity index (χ3v) is 3.50. The second-order valence-electron chi connectivity index (χ2n) is 5.26. The first-order valence-corrected chi connectivity index (χ1v) is 6.67. The molecule has 3 N–H and O–H groups in total. The Morgan fingerprint density at radius 1 is 1.53 bits per heavy atom. The van der Waals surface area contributed by atoms with E-state index in [9.17, 15) is 0 Å². The van der Waals surface area contributed by atoms with Crippen molar-refractivity contribution in [2.45, 2.75) is 46.3 Å². The van der Waals surface area contributed by atoms with Gasteiger partial charge in [0.05, 0.1) is 11.4 Å². The summed E-state index contributed by atoms with van der Waals surface area (Å²) in [6, 6.07) is 2.53. The van der Waals surface area contributed by atoms with Crippen LogP contribution in [0.4, 0.5) is 0 Å². The third kappa shape index (κ3) is 2.84. The molecule has 0 radical (unpaired) electrons. The number of aromatic nitrogens is 2. The van der Waals surface area contributed by atoms with Crippen LogP contribution >= 0.6 is 0 Å². The van der Waals surface area contributed by atoms with Gasteiger partial charge in [0.25, 0.3) is 0 Å². The molecule has 19 heavy (non-hydrogen) atoms. The molecule has 6 nitrogen and oxygen atoms in total. The number of hydrogen-bond donors (Lipinski definition) is 2. The van der Waals surface area contributed by atoms with Crippen LogP contribution in [0.1, 0.15) is 40.0 Å². The molecule has 1 aliphatic heterocycles. The molecule has 2 heterocycles. The Kier molecular flexibility index (Phi) is 3.99. The summed E-state index contributed by atoms with van der Waals surface area (Å²) in [6.45, 7) is 8.99. The number of aryl methyl sites for hydroxylation is 1. The summed E-state index contributed by atoms with van der Waals surface area (Å²) < 4.78 is 2.02. The predicted molar refractivity (Wildman–Crippen MR) is 78.6 cm³/mol. The number of fused-ring (bicyclic) bond motifs is 1. The normalized spacial score (nSPS) is 17.4. The van der Waals surface area contributed by atoms with Gasteiger partial charge < -0.3 is 11.3 Å². The van der Waals surface area contributed by atoms with Crippen molar-refractivity contribution in [1.82, 2.24) is 14.7 Å². The Balaban J connectivity index is 0.00000200. The van der Waals surface area contributed by atoms with Gasteiger partial charge in [-0.2, -0.15) is 10.2 Å². The molecule has 2 rings (SSSR count). The first-order valence-electron chi connectivity index (χ1n) is 6.67. The zero-order chi connectivity index (χ0) is 14.0. The molecule has 0 aromatic carbocycles. The first-order chi connectivity index (χ1) is 9.02. The van der Waals surface area contributed by atoms with Crippen molar-refractivity contribution in [1.29, 1.82) is 5.41 Å². The van der Waals surface area contributed by atoms with Gasteiger partial charge in [0, 0.05) is 27.1 Å². The molecular weight excluding hydrogens is 240 g/mol. The summed E-state index contributed by atoms with van der Waals surface area (Å²) in [4.78, 5) is 2.43. The first kappa shape index (κ1) is 13.7. The fraction of sp³-hybridized carbons (Fsp3) is 0.615. The number of rotatable bonds is 3. The lowest BCUT2D eigenvalue weighted by Gasteiger charge is -2.23. The second-order valence-corrected chi connectivity index (χ2v) is 5.26. The van der Waals surface area contributed by atoms with E-state index in [1.807, 2.05) is 10.7 Å². The van der Waals surface area contributed by atoms with E-state index in [2.05, 4.69) is 28.9 Å². The molecule has 0 bridgehead atoms. The lowest BCUT2D eigenvalue weighted by atomic mass is 10.2. The van der Waals surface area contributed by atoms with Gasteiger partial charge in [-0.15, -0.1) is 0 Å². The van der Waals surface area contributed by atoms with Crippen molar-refractivity contribution in [2.75, 3.05) is 6.54 Å². The van der Waals surface area contributed by atoms with Crippen LogP contribution in [-0.2, 0) is 13.1 Å². The SMILES string of the molecule is CC(=N)/C(=N\N)c1cc2n(n1)CCCN(C(C)C)C2.[HH]. The van der Waals surface area contributed by atoms with Crippen molar-refractivity contribution in [3.63, 3.8) is 0 Å². The molecule has 1 aromatic heterocycles. The average Bonchev–Trinajstić information content (AvgIpc) is 2.60. The highest BCUT2D eigenvalue weighted by Crippen LogP contribution is 2.16. The van der Waals surface area contributed by atoms with Crippen LogP contribution in [0.3, 0.4) is 0 Å². The Morgan fingerprint density at radius 2 is 2.26 bits per heavy atom. The van der Waals surface area contributed by atoms with Gasteiger partial charge in [0.1, 0.15) is 11.4 Å². The number of nitrogens with zero attached hydrogens (tertiary/aromatic N) is 4. The topological polar surface area (TPSA) is 83.3 Å². The van der Waals surface area contributed by atoms with Crippen LogP contribution in [0.25, 0.3) is 0 Å². The van der Waals surface area contributed by atoms with Gasteiger partial charge in [-0.05, 0) is 33.3 Å². The Morgan fingerprint density at radius 3 is 2.84 bits per heavy atom. The summed E-state index contributed by atoms with van der Waals surface area (Å²) in [7, 11) is 0. The number of hydrazone groups is 1. The van der Waals surface area contributed by atoms with E-state index in [-0.39, 0.29) is 1.43 Å². The third-order valence-electron chi connectivity index (χ3n) is 3.50. The van der Waals surface area contributed by atoms with Crippen molar-refractivity contribution >= 4 is 11.4 Å². The van der Waals surface area contributed by atoms with Gasteiger partial charge in [0.2, 0.25) is 0 Å². The fourth-order valence-electron chi connectivity index (χ4n) is 2.40. The lowest BCUT2D eigenvalue weighted by molar-refractivity contribution is 0.216. The Bertz CT molecular complexity index is 505. The maximum Gasteiger partial charge on any atom is 0.131 e. The smallest absolute Gasteiger partial charge is 0.131 e. The minimum atomic E-state index is 0. The van der Waals surface area contributed by atoms with Gasteiger partial charge in [0.15, 0.2) is 0 Å². The molecule has 0 aliphatic carbocycles. The second kappa shape index (κ2) is 5.52. The van der Waals surface area contributed by atoms with Crippen molar-refractivity contribution < 1.29 is 1.43 Å². The molecule has 0 unspecified atom stereocenters. The van der Waals surface area contributed by atoms with Crippen molar-refractivity contribution in [3.8, 4) is 0 Å². The summed E-state index contributed by atoms with van der Waals surface area (Å²) >= 11 is 0. The van der Waals surface area contributed by atoms with Crippen molar-refractivity contribution in [2.24, 2.45) is 10.9 Å². The largest absolute Gasteiger partial charge is 0.323 e. The van der Waals surface area contributed by atoms with Crippen LogP contribution in [0.5, 0.6) is 0 Å². The maximum atomic E-state index is 7.68. The summed E-state index contributed by atoms with van der Waals surface area (Å²) in [5, 5.41) is 15.9. The minimum absolute atomic E-state index is 0. The van der Waals surface area contributed by atoms with Crippen LogP contribution in [0.15, 0.2) is 11.2 Å². The zero-order valence-corrected chi connectivity index (χ0v) is 11.8. The molecule has 6 heteroatoms. The molecule has 0 spiro atoms. The highest BCUT2D eigenvalue weighted by molar-refractivity contribution is 6.46. The molecule has 1 aliphatic rings. The molecule has 0 saturated carbocycles. The average molecular weight is 264 g/mol. The minimum Gasteiger partial charge on any atom is -0.323 e. The zero-order valence-electron chi connectivity index (χ0n) is 11.8. The summed E-state index contributed by atoms with van der Waals surface area (Å²) in [5.74, 6) is 5.36. The number of nitrogens with two attached hydrogens (primary N) is 1. The van der Waals surface area contributed by atoms with Crippen LogP contribution < -0.4 is 5.84 Å². The molecule has 0 atom stereocenters. The lowest BCUT2D eigenvalue weighted by Crippen LogP contribution is -2.30. The fourth-order valence-corrected chi connectivity index (χ4v) is 2.40. The van der Waals surface area contributed by atoms with E-state index in [1.165, 1.54) is 5.69 Å². The van der Waals surface area contributed by atoms with Crippen LogP contribution in [-0.4, -0.2) is 38.7 Å². The standard InChI is InChI=1S/C13H22N6.H2/c1-9(2)18-5-4-6-19-11(8-18)7-12(17-19)13(16-15)10(3)14;/h7,9,14H,4-6,8,15H2,1-3H3;1H/b14-10?,16-13+;. The van der Waals surface area contributed by atoms with E-state index in [1.54, 1.807) is 6.92 Å². The summed E-state index contributed by atoms with van der Waals surface area (Å²) in [6.07, 6.45) is 1.09. The molecular formula is C13H24N6. The predicted octanol–water partition coefficient (Wildman–Crippen LogP) is 1.45. The van der Waals surface area contributed by atoms with E-state index < -0.39 is 0 Å². The molecule has 106 valence electrons. The van der Waals surface area contributed by atoms with E-state index >= 15 is 0 Å². The van der Waals surface area contributed by atoms with E-state index in [4.69, 9.17) is 11.3 Å². The molecule has 0 amide bonds. The molecule has 0 saturated heterocycles. The Labute approximate surface area is 115 Å². The van der Waals surface area contributed by atoms with Gasteiger partial charge in [-0.3, -0.25) is 9.58 Å². The van der Waals surface area contributed by atoms with Crippen LogP contribution in [0, 0.1) is 5.41 Å². The molecule has 1 aromatic rings. The highest BCUT2D eigenvalue weighted by Gasteiger charge is 2.20. The summed E-state index contributed by atoms with van der Waals surface area (Å²) in [5.41, 5.74) is 2.69. The number of nitrogens with one attached hydrogen (secondary N) is 1.